The Morgan fingerprint density at radius 1 is 1.07 bits per heavy atom. The third kappa shape index (κ3) is 4.33. The monoisotopic (exact) mass is 419 g/mol. The lowest BCUT2D eigenvalue weighted by molar-refractivity contribution is 0.0941. The van der Waals surface area contributed by atoms with Crippen LogP contribution < -0.4 is 0 Å². The zero-order chi connectivity index (χ0) is 20.3. The molecule has 0 amide bonds. The second kappa shape index (κ2) is 8.94. The highest BCUT2D eigenvalue weighted by Crippen LogP contribution is 2.34. The molecule has 0 unspecified atom stereocenters. The Morgan fingerprint density at radius 3 is 2.83 bits per heavy atom. The van der Waals surface area contributed by atoms with E-state index >= 15 is 0 Å². The van der Waals surface area contributed by atoms with E-state index in [1.165, 1.54) is 49.2 Å². The van der Waals surface area contributed by atoms with Crippen LogP contribution in [0.3, 0.4) is 0 Å². The molecular formula is C25H29N3OS. The van der Waals surface area contributed by atoms with Crippen molar-refractivity contribution in [2.75, 3.05) is 13.1 Å². The van der Waals surface area contributed by atoms with Crippen LogP contribution in [0, 0.1) is 11.8 Å². The van der Waals surface area contributed by atoms with Gasteiger partial charge < -0.3 is 0 Å². The minimum absolute atomic E-state index is 0.283. The summed E-state index contributed by atoms with van der Waals surface area (Å²) < 4.78 is 0. The van der Waals surface area contributed by atoms with Crippen LogP contribution in [0.4, 0.5) is 0 Å². The Labute approximate surface area is 182 Å². The second-order valence-electron chi connectivity index (χ2n) is 8.93. The molecule has 156 valence electrons. The zero-order valence-corrected chi connectivity index (χ0v) is 18.2. The lowest BCUT2D eigenvalue weighted by atomic mass is 9.78. The number of carbonyl (C=O) groups is 1. The molecule has 0 N–H and O–H groups in total. The summed E-state index contributed by atoms with van der Waals surface area (Å²) in [4.78, 5) is 25.9. The molecule has 4 nitrogen and oxygen atoms in total. The van der Waals surface area contributed by atoms with E-state index in [9.17, 15) is 4.79 Å². The van der Waals surface area contributed by atoms with E-state index in [-0.39, 0.29) is 5.78 Å². The Bertz CT molecular complexity index is 1020. The number of carbonyl (C=O) groups excluding carboxylic acids is 1. The molecule has 1 saturated carbocycles. The van der Waals surface area contributed by atoms with Gasteiger partial charge in [0.05, 0.1) is 16.7 Å². The van der Waals surface area contributed by atoms with Crippen molar-refractivity contribution in [2.45, 2.75) is 51.5 Å². The van der Waals surface area contributed by atoms with Crippen LogP contribution in [0.1, 0.15) is 59.5 Å². The summed E-state index contributed by atoms with van der Waals surface area (Å²) in [6, 6.07) is 9.83. The van der Waals surface area contributed by atoms with Gasteiger partial charge in [-0.25, -0.2) is 4.98 Å². The fraction of sp³-hybridized carbons (Fsp3) is 0.480. The van der Waals surface area contributed by atoms with Crippen LogP contribution in [0.15, 0.2) is 42.0 Å². The number of rotatable bonds is 6. The number of aromatic nitrogens is 2. The van der Waals surface area contributed by atoms with Gasteiger partial charge in [-0.1, -0.05) is 31.0 Å². The van der Waals surface area contributed by atoms with Gasteiger partial charge in [-0.3, -0.25) is 14.7 Å². The molecule has 0 atom stereocenters. The van der Waals surface area contributed by atoms with Crippen LogP contribution in [-0.4, -0.2) is 33.7 Å². The van der Waals surface area contributed by atoms with Crippen molar-refractivity contribution in [3.63, 3.8) is 0 Å². The fourth-order valence-electron chi connectivity index (χ4n) is 5.17. The quantitative estimate of drug-likeness (QED) is 0.494. The molecule has 30 heavy (non-hydrogen) atoms. The first kappa shape index (κ1) is 19.8. The summed E-state index contributed by atoms with van der Waals surface area (Å²) in [5, 5.41) is 0.990. The highest BCUT2D eigenvalue weighted by atomic mass is 32.1. The SMILES string of the molecule is O=C(CC1CCC(CCN2CCc3ncsc3C2)CC1)c1cccc2ncccc12. The molecule has 0 bridgehead atoms. The molecule has 0 radical (unpaired) electrons. The van der Waals surface area contributed by atoms with E-state index in [0.717, 1.165) is 41.9 Å². The van der Waals surface area contributed by atoms with E-state index in [1.54, 1.807) is 17.5 Å². The minimum atomic E-state index is 0.283. The van der Waals surface area contributed by atoms with Gasteiger partial charge in [0.1, 0.15) is 0 Å². The highest BCUT2D eigenvalue weighted by molar-refractivity contribution is 7.09. The van der Waals surface area contributed by atoms with Crippen LogP contribution in [0.25, 0.3) is 10.9 Å². The van der Waals surface area contributed by atoms with Gasteiger partial charge in [0, 0.05) is 48.0 Å². The van der Waals surface area contributed by atoms with Crippen LogP contribution >= 0.6 is 11.3 Å². The molecule has 3 aromatic rings. The first-order chi connectivity index (χ1) is 14.8. The Morgan fingerprint density at radius 2 is 1.93 bits per heavy atom. The number of hydrogen-bond donors (Lipinski definition) is 0. The van der Waals surface area contributed by atoms with Gasteiger partial charge in [-0.2, -0.15) is 0 Å². The summed E-state index contributed by atoms with van der Waals surface area (Å²) in [5.74, 6) is 1.64. The standard InChI is InChI=1S/C25H29N3OS/c29-24(21-3-1-5-22-20(21)4-2-12-26-22)15-19-8-6-18(7-9-19)10-13-28-14-11-23-25(16-28)30-17-27-23/h1-5,12,17-19H,6-11,13-16H2. The van der Waals surface area contributed by atoms with E-state index < -0.39 is 0 Å². The van der Waals surface area contributed by atoms with E-state index in [2.05, 4.69) is 14.9 Å². The molecule has 3 heterocycles. The summed E-state index contributed by atoms with van der Waals surface area (Å²) in [5.41, 5.74) is 5.07. The number of Topliss-reactive ketones (excluding diaryl/α,β-unsaturated/α-hetero) is 1. The molecule has 1 aliphatic carbocycles. The van der Waals surface area contributed by atoms with Crippen LogP contribution in [0.2, 0.25) is 0 Å². The molecule has 0 saturated heterocycles. The second-order valence-corrected chi connectivity index (χ2v) is 9.87. The van der Waals surface area contributed by atoms with Gasteiger partial charge in [0.25, 0.3) is 0 Å². The first-order valence-electron chi connectivity index (χ1n) is 11.3. The van der Waals surface area contributed by atoms with Crippen LogP contribution in [-0.2, 0) is 13.0 Å². The fourth-order valence-corrected chi connectivity index (χ4v) is 6.03. The van der Waals surface area contributed by atoms with Crippen LogP contribution in [0.5, 0.6) is 0 Å². The minimum Gasteiger partial charge on any atom is -0.298 e. The zero-order valence-electron chi connectivity index (χ0n) is 17.4. The number of thiazole rings is 1. The Hall–Kier alpha value is -2.11. The maximum Gasteiger partial charge on any atom is 0.163 e. The smallest absolute Gasteiger partial charge is 0.163 e. The molecule has 5 heteroatoms. The Balaban J connectivity index is 1.10. The molecule has 0 spiro atoms. The van der Waals surface area contributed by atoms with Gasteiger partial charge in [0.2, 0.25) is 0 Å². The lowest BCUT2D eigenvalue weighted by Gasteiger charge is -2.31. The molecule has 1 aliphatic heterocycles. The van der Waals surface area contributed by atoms with Crippen molar-refractivity contribution in [3.05, 3.63) is 58.2 Å². The summed E-state index contributed by atoms with van der Waals surface area (Å²) >= 11 is 1.81. The summed E-state index contributed by atoms with van der Waals surface area (Å²) in [6.07, 6.45) is 9.81. The highest BCUT2D eigenvalue weighted by Gasteiger charge is 2.25. The average molecular weight is 420 g/mol. The topological polar surface area (TPSA) is 46.1 Å². The number of hydrogen-bond acceptors (Lipinski definition) is 5. The van der Waals surface area contributed by atoms with Gasteiger partial charge in [-0.05, 0) is 49.8 Å². The normalized spacial score (nSPS) is 22.1. The lowest BCUT2D eigenvalue weighted by Crippen LogP contribution is -2.32. The molecule has 2 aromatic heterocycles. The van der Waals surface area contributed by atoms with Crippen molar-refractivity contribution in [1.82, 2.24) is 14.9 Å². The van der Waals surface area contributed by atoms with Crippen molar-refractivity contribution in [1.29, 1.82) is 0 Å². The maximum absolute atomic E-state index is 13.0. The number of ketones is 1. The first-order valence-corrected chi connectivity index (χ1v) is 12.1. The van der Waals surface area contributed by atoms with Crippen molar-refractivity contribution in [3.8, 4) is 0 Å². The third-order valence-corrected chi connectivity index (χ3v) is 7.86. The maximum atomic E-state index is 13.0. The molecular weight excluding hydrogens is 390 g/mol. The summed E-state index contributed by atoms with van der Waals surface area (Å²) in [7, 11) is 0. The molecule has 1 fully saturated rings. The van der Waals surface area contributed by atoms with E-state index in [0.29, 0.717) is 12.3 Å². The number of pyridine rings is 1. The predicted octanol–water partition coefficient (Wildman–Crippen LogP) is 5.52. The van der Waals surface area contributed by atoms with Gasteiger partial charge in [0.15, 0.2) is 5.78 Å². The average Bonchev–Trinajstić information content (AvgIpc) is 3.26. The van der Waals surface area contributed by atoms with E-state index in [1.807, 2.05) is 35.8 Å². The summed E-state index contributed by atoms with van der Waals surface area (Å²) in [6.45, 7) is 3.44. The van der Waals surface area contributed by atoms with Gasteiger partial charge >= 0.3 is 0 Å². The molecule has 5 rings (SSSR count). The van der Waals surface area contributed by atoms with Gasteiger partial charge in [-0.15, -0.1) is 11.3 Å². The van der Waals surface area contributed by atoms with E-state index in [4.69, 9.17) is 0 Å². The largest absolute Gasteiger partial charge is 0.298 e. The third-order valence-electron chi connectivity index (χ3n) is 7.00. The van der Waals surface area contributed by atoms with Crippen molar-refractivity contribution in [2.24, 2.45) is 11.8 Å². The van der Waals surface area contributed by atoms with Crippen molar-refractivity contribution >= 4 is 28.0 Å². The molecule has 1 aromatic carbocycles. The molecule has 2 aliphatic rings. The van der Waals surface area contributed by atoms with Crippen molar-refractivity contribution < 1.29 is 4.79 Å². The number of benzene rings is 1. The number of nitrogens with zero attached hydrogens (tertiary/aromatic N) is 3. The number of fused-ring (bicyclic) bond motifs is 2. The Kier molecular flexibility index (Phi) is 5.91. The predicted molar refractivity (Wildman–Crippen MR) is 122 cm³/mol.